The number of aromatic nitrogens is 2. The number of nitrogens with zero attached hydrogens (tertiary/aromatic N) is 4. The summed E-state index contributed by atoms with van der Waals surface area (Å²) in [5, 5.41) is 10.5. The summed E-state index contributed by atoms with van der Waals surface area (Å²) in [6.07, 6.45) is 9.58. The van der Waals surface area contributed by atoms with Crippen LogP contribution in [0.4, 0.5) is 5.69 Å². The molecule has 204 valence electrons. The molecule has 0 bridgehead atoms. The van der Waals surface area contributed by atoms with Gasteiger partial charge in [0, 0.05) is 48.2 Å². The first-order valence-electron chi connectivity index (χ1n) is 13.8. The first-order valence-corrected chi connectivity index (χ1v) is 13.8. The molecule has 10 nitrogen and oxygen atoms in total. The number of piperidine rings is 2. The smallest absolute Gasteiger partial charge is 0.264 e. The molecular formula is C29H34N6O4. The largest absolute Gasteiger partial charge is 0.380 e. The van der Waals surface area contributed by atoms with Gasteiger partial charge < -0.3 is 15.5 Å². The predicted molar refractivity (Wildman–Crippen MR) is 144 cm³/mol. The van der Waals surface area contributed by atoms with Crippen molar-refractivity contribution in [2.24, 2.45) is 5.41 Å². The maximum absolute atomic E-state index is 13.4. The van der Waals surface area contributed by atoms with Crippen LogP contribution in [0, 0.1) is 5.41 Å². The number of anilines is 1. The molecule has 3 aliphatic heterocycles. The molecule has 6 rings (SSSR count). The van der Waals surface area contributed by atoms with E-state index >= 15 is 0 Å². The van der Waals surface area contributed by atoms with Gasteiger partial charge in [0.15, 0.2) is 0 Å². The minimum atomic E-state index is -0.840. The van der Waals surface area contributed by atoms with E-state index in [0.717, 1.165) is 55.7 Å². The maximum atomic E-state index is 13.4. The lowest BCUT2D eigenvalue weighted by molar-refractivity contribution is -0.147. The Morgan fingerprint density at radius 2 is 1.92 bits per heavy atom. The van der Waals surface area contributed by atoms with Crippen LogP contribution in [-0.4, -0.2) is 62.3 Å². The zero-order chi connectivity index (χ0) is 27.3. The average Bonchev–Trinajstić information content (AvgIpc) is 3.49. The highest BCUT2D eigenvalue weighted by Crippen LogP contribution is 2.42. The molecule has 0 spiro atoms. The van der Waals surface area contributed by atoms with Crippen LogP contribution in [0.15, 0.2) is 42.9 Å². The molecule has 2 aromatic rings. The summed E-state index contributed by atoms with van der Waals surface area (Å²) in [5.41, 5.74) is 2.54. The fourth-order valence-corrected chi connectivity index (χ4v) is 6.24. The lowest BCUT2D eigenvalue weighted by Crippen LogP contribution is -2.51. The van der Waals surface area contributed by atoms with Gasteiger partial charge in [-0.2, -0.15) is 5.10 Å². The van der Waals surface area contributed by atoms with Crippen molar-refractivity contribution < 1.29 is 19.2 Å². The van der Waals surface area contributed by atoms with Gasteiger partial charge >= 0.3 is 0 Å². The average molecular weight is 531 g/mol. The second kappa shape index (κ2) is 9.66. The summed E-state index contributed by atoms with van der Waals surface area (Å²) in [6.45, 7) is 7.79. The van der Waals surface area contributed by atoms with Crippen LogP contribution in [0.2, 0.25) is 0 Å². The molecule has 10 heteroatoms. The summed E-state index contributed by atoms with van der Waals surface area (Å²) in [6, 6.07) is 4.54. The zero-order valence-corrected chi connectivity index (χ0v) is 22.2. The van der Waals surface area contributed by atoms with E-state index in [1.54, 1.807) is 18.2 Å². The minimum absolute atomic E-state index is 0.157. The number of likely N-dealkylation sites (tertiary alicyclic amines) is 1. The summed E-state index contributed by atoms with van der Waals surface area (Å²) in [4.78, 5) is 54.9. The molecule has 1 aromatic carbocycles. The number of hydrogen-bond donors (Lipinski definition) is 2. The van der Waals surface area contributed by atoms with E-state index in [1.807, 2.05) is 22.0 Å². The Bertz CT molecular complexity index is 1370. The van der Waals surface area contributed by atoms with Crippen molar-refractivity contribution in [3.63, 3.8) is 0 Å². The van der Waals surface area contributed by atoms with Crippen molar-refractivity contribution in [2.45, 2.75) is 70.5 Å². The van der Waals surface area contributed by atoms with Crippen LogP contribution in [0.25, 0.3) is 0 Å². The SMILES string of the molecule is C=C1CCC(N2C(=O)c3cccc(NCc4cnn(C5CCN(C(=O)C6(C)CCC6)CC5)c4)c3C2=O)C(=O)N1. The number of imide groups is 1. The number of benzene rings is 1. The number of amides is 4. The van der Waals surface area contributed by atoms with Crippen molar-refractivity contribution in [1.82, 2.24) is 24.9 Å². The Hall–Kier alpha value is -3.95. The van der Waals surface area contributed by atoms with Gasteiger partial charge in [0.25, 0.3) is 11.8 Å². The van der Waals surface area contributed by atoms with E-state index in [4.69, 9.17) is 0 Å². The summed E-state index contributed by atoms with van der Waals surface area (Å²) in [5.74, 6) is -0.988. The van der Waals surface area contributed by atoms with Crippen molar-refractivity contribution in [2.75, 3.05) is 18.4 Å². The number of nitrogens with one attached hydrogen (secondary N) is 2. The molecule has 39 heavy (non-hydrogen) atoms. The second-order valence-electron chi connectivity index (χ2n) is 11.5. The van der Waals surface area contributed by atoms with Gasteiger partial charge in [0.2, 0.25) is 11.8 Å². The molecule has 2 saturated heterocycles. The monoisotopic (exact) mass is 530 g/mol. The van der Waals surface area contributed by atoms with Gasteiger partial charge in [0.05, 0.1) is 23.4 Å². The predicted octanol–water partition coefficient (Wildman–Crippen LogP) is 3.24. The summed E-state index contributed by atoms with van der Waals surface area (Å²) < 4.78 is 1.98. The van der Waals surface area contributed by atoms with Crippen molar-refractivity contribution in [1.29, 1.82) is 0 Å². The molecule has 1 saturated carbocycles. The quantitative estimate of drug-likeness (QED) is 0.554. The van der Waals surface area contributed by atoms with Gasteiger partial charge in [-0.1, -0.05) is 26.0 Å². The Labute approximate surface area is 227 Å². The molecule has 1 unspecified atom stereocenters. The Kier molecular flexibility index (Phi) is 6.28. The van der Waals surface area contributed by atoms with E-state index < -0.39 is 17.9 Å². The highest BCUT2D eigenvalue weighted by atomic mass is 16.2. The van der Waals surface area contributed by atoms with Gasteiger partial charge in [-0.25, -0.2) is 0 Å². The molecule has 1 atom stereocenters. The Balaban J connectivity index is 1.09. The van der Waals surface area contributed by atoms with Crippen molar-refractivity contribution >= 4 is 29.3 Å². The number of carbonyl (C=O) groups is 4. The molecule has 2 N–H and O–H groups in total. The Morgan fingerprint density at radius 3 is 2.62 bits per heavy atom. The van der Waals surface area contributed by atoms with Crippen LogP contribution in [0.5, 0.6) is 0 Å². The lowest BCUT2D eigenvalue weighted by Gasteiger charge is -2.43. The molecular weight excluding hydrogens is 496 g/mol. The third-order valence-corrected chi connectivity index (χ3v) is 8.82. The van der Waals surface area contributed by atoms with E-state index in [2.05, 4.69) is 29.2 Å². The van der Waals surface area contributed by atoms with Crippen molar-refractivity contribution in [3.05, 3.63) is 59.6 Å². The first kappa shape index (κ1) is 25.3. The fraction of sp³-hybridized carbons (Fsp3) is 0.483. The Morgan fingerprint density at radius 1 is 1.15 bits per heavy atom. The molecule has 3 fully saturated rings. The fourth-order valence-electron chi connectivity index (χ4n) is 6.24. The topological polar surface area (TPSA) is 117 Å². The highest BCUT2D eigenvalue weighted by Gasteiger charge is 2.45. The van der Waals surface area contributed by atoms with E-state index in [-0.39, 0.29) is 17.4 Å². The normalized spacial score (nSPS) is 22.9. The minimum Gasteiger partial charge on any atom is -0.380 e. The van der Waals surface area contributed by atoms with E-state index in [0.29, 0.717) is 47.8 Å². The molecule has 4 heterocycles. The molecule has 1 aromatic heterocycles. The van der Waals surface area contributed by atoms with E-state index in [9.17, 15) is 19.2 Å². The maximum Gasteiger partial charge on any atom is 0.264 e. The van der Waals surface area contributed by atoms with Crippen LogP contribution in [0.3, 0.4) is 0 Å². The standard InChI is InChI=1S/C29H34N6O4/c1-18-7-8-23(25(36)32-18)35-26(37)21-5-3-6-22(24(21)27(35)38)30-15-19-16-31-34(17-19)20-9-13-33(14-10-20)28(39)29(2)11-4-12-29/h3,5-6,16-17,20,23,30H,1,4,7-15H2,2H3,(H,32,36). The molecule has 0 radical (unpaired) electrons. The molecule has 1 aliphatic carbocycles. The molecule has 4 aliphatic rings. The van der Waals surface area contributed by atoms with E-state index in [1.165, 1.54) is 0 Å². The summed E-state index contributed by atoms with van der Waals surface area (Å²) >= 11 is 0. The molecule has 4 amide bonds. The van der Waals surface area contributed by atoms with Crippen LogP contribution in [-0.2, 0) is 16.1 Å². The first-order chi connectivity index (χ1) is 18.7. The van der Waals surface area contributed by atoms with Crippen LogP contribution in [0.1, 0.15) is 84.2 Å². The van der Waals surface area contributed by atoms with Crippen LogP contribution < -0.4 is 10.6 Å². The highest BCUT2D eigenvalue weighted by molar-refractivity contribution is 6.25. The third kappa shape index (κ3) is 4.41. The van der Waals surface area contributed by atoms with Gasteiger partial charge in [-0.3, -0.25) is 28.8 Å². The number of allylic oxidation sites excluding steroid dienone is 1. The number of hydrogen-bond acceptors (Lipinski definition) is 6. The second-order valence-corrected chi connectivity index (χ2v) is 11.5. The lowest BCUT2D eigenvalue weighted by atomic mass is 9.69. The third-order valence-electron chi connectivity index (χ3n) is 8.82. The van der Waals surface area contributed by atoms with Gasteiger partial charge in [0.1, 0.15) is 6.04 Å². The van der Waals surface area contributed by atoms with Crippen molar-refractivity contribution in [3.8, 4) is 0 Å². The zero-order valence-electron chi connectivity index (χ0n) is 22.2. The van der Waals surface area contributed by atoms with Gasteiger partial charge in [-0.05, 0) is 50.7 Å². The van der Waals surface area contributed by atoms with Crippen LogP contribution >= 0.6 is 0 Å². The summed E-state index contributed by atoms with van der Waals surface area (Å²) in [7, 11) is 0. The van der Waals surface area contributed by atoms with Gasteiger partial charge in [-0.15, -0.1) is 0 Å². The number of fused-ring (bicyclic) bond motifs is 1. The number of carbonyl (C=O) groups excluding carboxylic acids is 4. The number of rotatable bonds is 6.